The first kappa shape index (κ1) is 9.61. The molecule has 1 fully saturated rings. The lowest BCUT2D eigenvalue weighted by molar-refractivity contribution is 0.00370. The summed E-state index contributed by atoms with van der Waals surface area (Å²) in [6, 6.07) is 0. The van der Waals surface area contributed by atoms with Gasteiger partial charge in [-0.2, -0.15) is 0 Å². The van der Waals surface area contributed by atoms with E-state index in [2.05, 4.69) is 10.3 Å². The third-order valence-electron chi connectivity index (χ3n) is 2.46. The van der Waals surface area contributed by atoms with E-state index in [9.17, 15) is 0 Å². The number of hydrogen-bond acceptors (Lipinski definition) is 4. The van der Waals surface area contributed by atoms with Gasteiger partial charge in [-0.25, -0.2) is 4.68 Å². The minimum atomic E-state index is 0.302. The van der Waals surface area contributed by atoms with Gasteiger partial charge in [-0.1, -0.05) is 5.21 Å². The van der Waals surface area contributed by atoms with E-state index >= 15 is 0 Å². The van der Waals surface area contributed by atoms with Crippen LogP contribution in [-0.4, -0.2) is 27.7 Å². The quantitative estimate of drug-likeness (QED) is 0.755. The van der Waals surface area contributed by atoms with Crippen molar-refractivity contribution < 1.29 is 4.74 Å². The van der Waals surface area contributed by atoms with Crippen molar-refractivity contribution in [3.63, 3.8) is 0 Å². The second-order valence-corrected chi connectivity index (χ2v) is 3.62. The molecule has 1 aliphatic heterocycles. The van der Waals surface area contributed by atoms with Crippen LogP contribution in [0.25, 0.3) is 0 Å². The van der Waals surface area contributed by atoms with Gasteiger partial charge >= 0.3 is 0 Å². The lowest BCUT2D eigenvalue weighted by Crippen LogP contribution is -2.24. The highest BCUT2D eigenvalue weighted by molar-refractivity contribution is 4.90. The predicted octanol–water partition coefficient (Wildman–Crippen LogP) is 0.306. The molecule has 2 rings (SSSR count). The Morgan fingerprint density at radius 1 is 1.57 bits per heavy atom. The SMILES string of the molecule is NCc1cn(C[C@H]2CCCCO2)nn1. The molecule has 0 unspecified atom stereocenters. The molecule has 1 aromatic heterocycles. The zero-order chi connectivity index (χ0) is 9.80. The molecule has 0 amide bonds. The predicted molar refractivity (Wildman–Crippen MR) is 51.5 cm³/mol. The van der Waals surface area contributed by atoms with Crippen LogP contribution < -0.4 is 5.73 Å². The first-order chi connectivity index (χ1) is 6.88. The van der Waals surface area contributed by atoms with Gasteiger partial charge in [0.05, 0.1) is 18.3 Å². The Hall–Kier alpha value is -0.940. The van der Waals surface area contributed by atoms with Crippen LogP contribution in [-0.2, 0) is 17.8 Å². The molecule has 0 radical (unpaired) electrons. The summed E-state index contributed by atoms with van der Waals surface area (Å²) in [6.07, 6.45) is 5.75. The topological polar surface area (TPSA) is 66.0 Å². The van der Waals surface area contributed by atoms with Crippen molar-refractivity contribution in [1.82, 2.24) is 15.0 Å². The van der Waals surface area contributed by atoms with Gasteiger partial charge in [0.1, 0.15) is 0 Å². The fraction of sp³-hybridized carbons (Fsp3) is 0.778. The number of ether oxygens (including phenoxy) is 1. The van der Waals surface area contributed by atoms with Crippen molar-refractivity contribution in [2.75, 3.05) is 6.61 Å². The molecule has 0 aromatic carbocycles. The Bertz CT molecular complexity index is 280. The molecule has 0 saturated carbocycles. The van der Waals surface area contributed by atoms with Crippen molar-refractivity contribution in [2.45, 2.75) is 38.5 Å². The van der Waals surface area contributed by atoms with Gasteiger partial charge < -0.3 is 10.5 Å². The highest BCUT2D eigenvalue weighted by Gasteiger charge is 2.14. The fourth-order valence-electron chi connectivity index (χ4n) is 1.68. The molecular formula is C9H16N4O. The Morgan fingerprint density at radius 2 is 2.50 bits per heavy atom. The van der Waals surface area contributed by atoms with Crippen LogP contribution >= 0.6 is 0 Å². The highest BCUT2D eigenvalue weighted by atomic mass is 16.5. The summed E-state index contributed by atoms with van der Waals surface area (Å²) < 4.78 is 7.42. The molecule has 1 atom stereocenters. The average Bonchev–Trinajstić information content (AvgIpc) is 2.67. The molecule has 14 heavy (non-hydrogen) atoms. The van der Waals surface area contributed by atoms with E-state index in [4.69, 9.17) is 10.5 Å². The van der Waals surface area contributed by atoms with Crippen LogP contribution in [0.2, 0.25) is 0 Å². The van der Waals surface area contributed by atoms with Gasteiger partial charge in [-0.05, 0) is 19.3 Å². The summed E-state index contributed by atoms with van der Waals surface area (Å²) in [5.74, 6) is 0. The summed E-state index contributed by atoms with van der Waals surface area (Å²) in [5.41, 5.74) is 6.28. The monoisotopic (exact) mass is 196 g/mol. The lowest BCUT2D eigenvalue weighted by atomic mass is 10.1. The molecule has 5 heteroatoms. The van der Waals surface area contributed by atoms with Gasteiger partial charge in [-0.15, -0.1) is 5.10 Å². The average molecular weight is 196 g/mol. The first-order valence-electron chi connectivity index (χ1n) is 5.09. The van der Waals surface area contributed by atoms with Crippen molar-refractivity contribution in [3.05, 3.63) is 11.9 Å². The maximum Gasteiger partial charge on any atom is 0.0962 e. The van der Waals surface area contributed by atoms with Gasteiger partial charge in [0.25, 0.3) is 0 Å². The summed E-state index contributed by atoms with van der Waals surface area (Å²) in [5, 5.41) is 7.92. The molecule has 1 aromatic rings. The van der Waals surface area contributed by atoms with Crippen LogP contribution in [0.1, 0.15) is 25.0 Å². The molecule has 1 aliphatic rings. The van der Waals surface area contributed by atoms with Gasteiger partial charge in [0, 0.05) is 19.3 Å². The smallest absolute Gasteiger partial charge is 0.0962 e. The Labute approximate surface area is 83.2 Å². The molecule has 78 valence electrons. The van der Waals surface area contributed by atoms with Crippen LogP contribution in [0.3, 0.4) is 0 Å². The molecule has 0 spiro atoms. The van der Waals surface area contributed by atoms with E-state index in [0.29, 0.717) is 12.6 Å². The molecule has 0 bridgehead atoms. The van der Waals surface area contributed by atoms with Crippen LogP contribution in [0, 0.1) is 0 Å². The van der Waals surface area contributed by atoms with E-state index in [0.717, 1.165) is 25.3 Å². The Morgan fingerprint density at radius 3 is 3.14 bits per heavy atom. The van der Waals surface area contributed by atoms with Gasteiger partial charge in [0.15, 0.2) is 0 Å². The van der Waals surface area contributed by atoms with Crippen LogP contribution in [0.4, 0.5) is 0 Å². The number of aromatic nitrogens is 3. The van der Waals surface area contributed by atoms with Crippen molar-refractivity contribution in [3.8, 4) is 0 Å². The van der Waals surface area contributed by atoms with E-state index < -0.39 is 0 Å². The maximum atomic E-state index is 5.60. The van der Waals surface area contributed by atoms with Gasteiger partial charge in [0.2, 0.25) is 0 Å². The fourth-order valence-corrected chi connectivity index (χ4v) is 1.68. The standard InChI is InChI=1S/C9H16N4O/c10-5-8-6-13(12-11-8)7-9-3-1-2-4-14-9/h6,9H,1-5,7,10H2/t9-/m1/s1. The zero-order valence-corrected chi connectivity index (χ0v) is 8.22. The summed E-state index contributed by atoms with van der Waals surface area (Å²) >= 11 is 0. The van der Waals surface area contributed by atoms with E-state index in [1.54, 1.807) is 0 Å². The van der Waals surface area contributed by atoms with Crippen LogP contribution in [0.15, 0.2) is 6.20 Å². The molecule has 5 nitrogen and oxygen atoms in total. The number of nitrogens with zero attached hydrogens (tertiary/aromatic N) is 3. The van der Waals surface area contributed by atoms with Crippen molar-refractivity contribution in [2.24, 2.45) is 5.73 Å². The summed E-state index contributed by atoms with van der Waals surface area (Å²) in [7, 11) is 0. The number of hydrogen-bond donors (Lipinski definition) is 1. The first-order valence-corrected chi connectivity index (χ1v) is 5.09. The molecular weight excluding hydrogens is 180 g/mol. The normalized spacial score (nSPS) is 22.5. The molecule has 2 heterocycles. The third kappa shape index (κ3) is 2.30. The Kier molecular flexibility index (Phi) is 3.10. The van der Waals surface area contributed by atoms with Gasteiger partial charge in [-0.3, -0.25) is 0 Å². The second kappa shape index (κ2) is 4.52. The summed E-state index contributed by atoms with van der Waals surface area (Å²) in [4.78, 5) is 0. The van der Waals surface area contributed by atoms with Crippen LogP contribution in [0.5, 0.6) is 0 Å². The molecule has 2 N–H and O–H groups in total. The minimum Gasteiger partial charge on any atom is -0.376 e. The highest BCUT2D eigenvalue weighted by Crippen LogP contribution is 2.13. The largest absolute Gasteiger partial charge is 0.376 e. The maximum absolute atomic E-state index is 5.60. The van der Waals surface area contributed by atoms with E-state index in [1.165, 1.54) is 12.8 Å². The van der Waals surface area contributed by atoms with Crippen molar-refractivity contribution in [1.29, 1.82) is 0 Å². The minimum absolute atomic E-state index is 0.302. The van der Waals surface area contributed by atoms with Crippen molar-refractivity contribution >= 4 is 0 Å². The number of rotatable bonds is 3. The zero-order valence-electron chi connectivity index (χ0n) is 8.22. The lowest BCUT2D eigenvalue weighted by Gasteiger charge is -2.21. The van der Waals surface area contributed by atoms with E-state index in [-0.39, 0.29) is 0 Å². The summed E-state index contributed by atoms with van der Waals surface area (Å²) in [6.45, 7) is 2.13. The van der Waals surface area contributed by atoms with E-state index in [1.807, 2.05) is 10.9 Å². The second-order valence-electron chi connectivity index (χ2n) is 3.62. The molecule has 1 saturated heterocycles. The third-order valence-corrected chi connectivity index (χ3v) is 2.46. The Balaban J connectivity index is 1.89. The molecule has 0 aliphatic carbocycles. The number of nitrogens with two attached hydrogens (primary N) is 1.